The zero-order chi connectivity index (χ0) is 13.8. The third-order valence-corrected chi connectivity index (χ3v) is 3.76. The van der Waals surface area contributed by atoms with E-state index in [2.05, 4.69) is 5.32 Å². The van der Waals surface area contributed by atoms with Crippen LogP contribution in [0, 0.1) is 11.7 Å². The maximum absolute atomic E-state index is 13.3. The fraction of sp³-hybridized carbons (Fsp3) is 0.500. The van der Waals surface area contributed by atoms with Crippen LogP contribution in [0.25, 0.3) is 0 Å². The first-order valence-corrected chi connectivity index (χ1v) is 6.59. The summed E-state index contributed by atoms with van der Waals surface area (Å²) in [6.45, 7) is 0.0591. The van der Waals surface area contributed by atoms with Gasteiger partial charge in [-0.3, -0.25) is 4.79 Å². The number of anilines is 1. The molecule has 2 rings (SSSR count). The lowest BCUT2D eigenvalue weighted by Gasteiger charge is -2.31. The molecule has 5 heteroatoms. The van der Waals surface area contributed by atoms with E-state index in [9.17, 15) is 14.3 Å². The highest BCUT2D eigenvalue weighted by Gasteiger charge is 2.26. The van der Waals surface area contributed by atoms with Crippen LogP contribution in [-0.4, -0.2) is 23.7 Å². The summed E-state index contributed by atoms with van der Waals surface area (Å²) in [4.78, 5) is 12.1. The molecule has 2 unspecified atom stereocenters. The largest absolute Gasteiger partial charge is 0.396 e. The molecule has 0 saturated heterocycles. The van der Waals surface area contributed by atoms with E-state index in [1.807, 2.05) is 0 Å². The van der Waals surface area contributed by atoms with Gasteiger partial charge in [0.15, 0.2) is 0 Å². The van der Waals surface area contributed by atoms with Crippen LogP contribution in [0.4, 0.5) is 10.1 Å². The van der Waals surface area contributed by atoms with Gasteiger partial charge in [-0.2, -0.15) is 0 Å². The van der Waals surface area contributed by atoms with Crippen LogP contribution in [0.1, 0.15) is 36.0 Å². The van der Waals surface area contributed by atoms with E-state index in [-0.39, 0.29) is 35.7 Å². The maximum Gasteiger partial charge on any atom is 0.253 e. The monoisotopic (exact) mass is 266 g/mol. The molecule has 1 amide bonds. The number of hydrogen-bond acceptors (Lipinski definition) is 3. The minimum atomic E-state index is -0.588. The van der Waals surface area contributed by atoms with Crippen LogP contribution in [0.15, 0.2) is 18.2 Å². The number of benzene rings is 1. The number of carbonyl (C=O) groups excluding carboxylic acids is 1. The molecular formula is C14H19FN2O2. The van der Waals surface area contributed by atoms with Crippen LogP contribution >= 0.6 is 0 Å². The molecule has 1 saturated carbocycles. The molecule has 1 aliphatic carbocycles. The van der Waals surface area contributed by atoms with Crippen molar-refractivity contribution in [3.63, 3.8) is 0 Å². The second-order valence-corrected chi connectivity index (χ2v) is 5.01. The molecule has 104 valence electrons. The summed E-state index contributed by atoms with van der Waals surface area (Å²) in [5.41, 5.74) is 5.60. The lowest BCUT2D eigenvalue weighted by Crippen LogP contribution is -2.43. The van der Waals surface area contributed by atoms with Gasteiger partial charge in [0.25, 0.3) is 5.91 Å². The van der Waals surface area contributed by atoms with Crippen molar-refractivity contribution >= 4 is 11.6 Å². The zero-order valence-corrected chi connectivity index (χ0v) is 10.7. The van der Waals surface area contributed by atoms with Crippen LogP contribution in [-0.2, 0) is 0 Å². The summed E-state index contributed by atoms with van der Waals surface area (Å²) in [6.07, 6.45) is 3.84. The average Bonchev–Trinajstić information content (AvgIpc) is 2.42. The van der Waals surface area contributed by atoms with Gasteiger partial charge < -0.3 is 16.2 Å². The molecular weight excluding hydrogens is 247 g/mol. The fourth-order valence-electron chi connectivity index (χ4n) is 2.60. The van der Waals surface area contributed by atoms with Gasteiger partial charge in [-0.15, -0.1) is 0 Å². The maximum atomic E-state index is 13.3. The highest BCUT2D eigenvalue weighted by atomic mass is 19.1. The van der Waals surface area contributed by atoms with Crippen molar-refractivity contribution in [3.8, 4) is 0 Å². The highest BCUT2D eigenvalue weighted by molar-refractivity contribution is 5.99. The number of para-hydroxylation sites is 1. The molecule has 0 heterocycles. The fourth-order valence-corrected chi connectivity index (χ4v) is 2.60. The Kier molecular flexibility index (Phi) is 4.37. The van der Waals surface area contributed by atoms with Gasteiger partial charge in [0.05, 0.1) is 11.3 Å². The Morgan fingerprint density at radius 3 is 2.89 bits per heavy atom. The van der Waals surface area contributed by atoms with Crippen molar-refractivity contribution in [2.45, 2.75) is 31.7 Å². The molecule has 0 aliphatic heterocycles. The first kappa shape index (κ1) is 13.8. The Morgan fingerprint density at radius 2 is 2.16 bits per heavy atom. The number of amides is 1. The number of aliphatic hydroxyl groups is 1. The summed E-state index contributed by atoms with van der Waals surface area (Å²) in [5.74, 6) is -0.884. The second kappa shape index (κ2) is 6.02. The van der Waals surface area contributed by atoms with Crippen LogP contribution in [0.5, 0.6) is 0 Å². The average molecular weight is 266 g/mol. The Balaban J connectivity index is 2.09. The van der Waals surface area contributed by atoms with E-state index in [4.69, 9.17) is 5.73 Å². The van der Waals surface area contributed by atoms with E-state index >= 15 is 0 Å². The van der Waals surface area contributed by atoms with Gasteiger partial charge >= 0.3 is 0 Å². The lowest BCUT2D eigenvalue weighted by atomic mass is 9.85. The summed E-state index contributed by atoms with van der Waals surface area (Å²) in [6, 6.07) is 4.13. The SMILES string of the molecule is Nc1c(F)cccc1C(=O)NC1CCCCC1CO. The molecule has 1 fully saturated rings. The minimum Gasteiger partial charge on any atom is -0.396 e. The molecule has 1 aromatic rings. The molecule has 2 atom stereocenters. The molecule has 0 bridgehead atoms. The van der Waals surface area contributed by atoms with Crippen molar-refractivity contribution in [2.24, 2.45) is 5.92 Å². The van der Waals surface area contributed by atoms with Gasteiger partial charge in [-0.25, -0.2) is 4.39 Å². The second-order valence-electron chi connectivity index (χ2n) is 5.01. The first-order chi connectivity index (χ1) is 9.13. The number of nitrogens with one attached hydrogen (secondary N) is 1. The molecule has 4 nitrogen and oxygen atoms in total. The van der Waals surface area contributed by atoms with E-state index in [1.165, 1.54) is 18.2 Å². The summed E-state index contributed by atoms with van der Waals surface area (Å²) < 4.78 is 13.3. The van der Waals surface area contributed by atoms with Crippen molar-refractivity contribution in [1.29, 1.82) is 0 Å². The topological polar surface area (TPSA) is 75.4 Å². The molecule has 0 radical (unpaired) electrons. The number of halogens is 1. The summed E-state index contributed by atoms with van der Waals surface area (Å²) >= 11 is 0. The highest BCUT2D eigenvalue weighted by Crippen LogP contribution is 2.25. The van der Waals surface area contributed by atoms with Crippen molar-refractivity contribution in [1.82, 2.24) is 5.32 Å². The predicted octanol–water partition coefficient (Wildman–Crippen LogP) is 1.69. The normalized spacial score (nSPS) is 23.1. The van der Waals surface area contributed by atoms with E-state index in [0.717, 1.165) is 25.7 Å². The third kappa shape index (κ3) is 3.04. The number of nitrogens with two attached hydrogens (primary N) is 1. The lowest BCUT2D eigenvalue weighted by molar-refractivity contribution is 0.0873. The van der Waals surface area contributed by atoms with Gasteiger partial charge in [0.2, 0.25) is 0 Å². The molecule has 0 aromatic heterocycles. The van der Waals surface area contributed by atoms with Gasteiger partial charge in [-0.05, 0) is 25.0 Å². The molecule has 4 N–H and O–H groups in total. The van der Waals surface area contributed by atoms with Gasteiger partial charge in [0, 0.05) is 18.6 Å². The summed E-state index contributed by atoms with van der Waals surface area (Å²) in [7, 11) is 0. The number of rotatable bonds is 3. The van der Waals surface area contributed by atoms with E-state index in [0.29, 0.717) is 0 Å². The number of hydrogen-bond donors (Lipinski definition) is 3. The first-order valence-electron chi connectivity index (χ1n) is 6.59. The van der Waals surface area contributed by atoms with Crippen LogP contribution < -0.4 is 11.1 Å². The number of nitrogen functional groups attached to an aromatic ring is 1. The Labute approximate surface area is 111 Å². The van der Waals surface area contributed by atoms with E-state index in [1.54, 1.807) is 0 Å². The van der Waals surface area contributed by atoms with Crippen molar-refractivity contribution in [3.05, 3.63) is 29.6 Å². The van der Waals surface area contributed by atoms with Gasteiger partial charge in [-0.1, -0.05) is 18.9 Å². The Hall–Kier alpha value is -1.62. The molecule has 1 aromatic carbocycles. The third-order valence-electron chi connectivity index (χ3n) is 3.76. The molecule has 1 aliphatic rings. The molecule has 0 spiro atoms. The predicted molar refractivity (Wildman–Crippen MR) is 71.1 cm³/mol. The molecule has 19 heavy (non-hydrogen) atoms. The standard InChI is InChI=1S/C14H19FN2O2/c15-11-6-3-5-10(13(11)16)14(19)17-12-7-2-1-4-9(12)8-18/h3,5-6,9,12,18H,1-2,4,7-8,16H2,(H,17,19). The smallest absolute Gasteiger partial charge is 0.253 e. The number of aliphatic hydroxyl groups excluding tert-OH is 1. The van der Waals surface area contributed by atoms with E-state index < -0.39 is 5.82 Å². The van der Waals surface area contributed by atoms with Crippen LogP contribution in [0.3, 0.4) is 0 Å². The Morgan fingerprint density at radius 1 is 1.42 bits per heavy atom. The zero-order valence-electron chi connectivity index (χ0n) is 10.7. The number of carbonyl (C=O) groups is 1. The van der Waals surface area contributed by atoms with Crippen molar-refractivity contribution in [2.75, 3.05) is 12.3 Å². The van der Waals surface area contributed by atoms with Gasteiger partial charge in [0.1, 0.15) is 5.82 Å². The van der Waals surface area contributed by atoms with Crippen LogP contribution in [0.2, 0.25) is 0 Å². The van der Waals surface area contributed by atoms with Crippen molar-refractivity contribution < 1.29 is 14.3 Å². The Bertz CT molecular complexity index is 465. The quantitative estimate of drug-likeness (QED) is 0.729. The summed E-state index contributed by atoms with van der Waals surface area (Å²) in [5, 5.41) is 12.2. The minimum absolute atomic E-state index is 0.0591.